The van der Waals surface area contributed by atoms with Crippen LogP contribution in [0.3, 0.4) is 0 Å². The predicted octanol–water partition coefficient (Wildman–Crippen LogP) is 1.62. The van der Waals surface area contributed by atoms with E-state index in [1.807, 2.05) is 12.2 Å². The number of hydrogen-bond acceptors (Lipinski definition) is 2. The van der Waals surface area contributed by atoms with E-state index in [9.17, 15) is 0 Å². The molecule has 0 radical (unpaired) electrons. The third-order valence-electron chi connectivity index (χ3n) is 1.76. The normalized spacial score (nSPS) is 30.6. The predicted molar refractivity (Wildman–Crippen MR) is 36.6 cm³/mol. The van der Waals surface area contributed by atoms with Crippen LogP contribution in [0.25, 0.3) is 0 Å². The largest absolute Gasteiger partial charge is 0.198 e. The molecule has 0 aliphatic heterocycles. The Labute approximate surface area is 60.4 Å². The third-order valence-corrected chi connectivity index (χ3v) is 1.76. The summed E-state index contributed by atoms with van der Waals surface area (Å²) in [5.74, 6) is -0.148. The van der Waals surface area contributed by atoms with Gasteiger partial charge in [0.1, 0.15) is 0 Å². The topological polar surface area (TPSA) is 47.6 Å². The van der Waals surface area contributed by atoms with Gasteiger partial charge < -0.3 is 0 Å². The van der Waals surface area contributed by atoms with Crippen molar-refractivity contribution < 1.29 is 0 Å². The lowest BCUT2D eigenvalue weighted by Gasteiger charge is -2.14. The Kier molecular flexibility index (Phi) is 2.07. The van der Waals surface area contributed by atoms with Crippen LogP contribution >= 0.6 is 0 Å². The summed E-state index contributed by atoms with van der Waals surface area (Å²) in [4.78, 5) is 0. The standard InChI is InChI=1S/C8H8N2/c9-5-7-3-1-2-4-8(7)6-10/h1-2,7-8H,3-4H2/t7-,8+. The number of nitrogens with zero attached hydrogens (tertiary/aromatic N) is 2. The van der Waals surface area contributed by atoms with Gasteiger partial charge in [-0.2, -0.15) is 10.5 Å². The molecule has 10 heavy (non-hydrogen) atoms. The first-order valence-corrected chi connectivity index (χ1v) is 3.32. The lowest BCUT2D eigenvalue weighted by Crippen LogP contribution is -2.12. The van der Waals surface area contributed by atoms with E-state index in [1.165, 1.54) is 0 Å². The van der Waals surface area contributed by atoms with Crippen molar-refractivity contribution in [3.8, 4) is 12.1 Å². The first-order chi connectivity index (χ1) is 4.88. The van der Waals surface area contributed by atoms with Gasteiger partial charge in [-0.05, 0) is 12.8 Å². The molecule has 1 aliphatic rings. The highest BCUT2D eigenvalue weighted by molar-refractivity contribution is 5.08. The summed E-state index contributed by atoms with van der Waals surface area (Å²) in [5.41, 5.74) is 0. The Morgan fingerprint density at radius 1 is 1.00 bits per heavy atom. The lowest BCUT2D eigenvalue weighted by atomic mass is 9.85. The van der Waals surface area contributed by atoms with Crippen LogP contribution in [0.2, 0.25) is 0 Å². The summed E-state index contributed by atoms with van der Waals surface area (Å²) >= 11 is 0. The Bertz CT molecular complexity index is 192. The number of allylic oxidation sites excluding steroid dienone is 2. The quantitative estimate of drug-likeness (QED) is 0.470. The fraction of sp³-hybridized carbons (Fsp3) is 0.500. The van der Waals surface area contributed by atoms with Crippen molar-refractivity contribution in [3.63, 3.8) is 0 Å². The Hall–Kier alpha value is -1.28. The average Bonchev–Trinajstić information content (AvgIpc) is 2.04. The second-order valence-corrected chi connectivity index (χ2v) is 2.41. The Balaban J connectivity index is 2.67. The van der Waals surface area contributed by atoms with Crippen molar-refractivity contribution in [2.24, 2.45) is 11.8 Å². The maximum atomic E-state index is 8.56. The second-order valence-electron chi connectivity index (χ2n) is 2.41. The average molecular weight is 132 g/mol. The number of nitriles is 2. The second kappa shape index (κ2) is 3.03. The maximum Gasteiger partial charge on any atom is 0.0672 e. The summed E-state index contributed by atoms with van der Waals surface area (Å²) in [6.07, 6.45) is 5.44. The molecule has 0 amide bonds. The molecule has 0 saturated carbocycles. The van der Waals surface area contributed by atoms with E-state index in [1.54, 1.807) is 0 Å². The third kappa shape index (κ3) is 1.17. The zero-order chi connectivity index (χ0) is 7.40. The molecular weight excluding hydrogens is 124 g/mol. The highest BCUT2D eigenvalue weighted by Crippen LogP contribution is 2.23. The van der Waals surface area contributed by atoms with Gasteiger partial charge in [-0.1, -0.05) is 12.2 Å². The van der Waals surface area contributed by atoms with Crippen molar-refractivity contribution in [1.82, 2.24) is 0 Å². The SMILES string of the molecule is N#C[C@@H]1CC=CC[C@@H]1C#N. The van der Waals surface area contributed by atoms with E-state index in [2.05, 4.69) is 12.1 Å². The van der Waals surface area contributed by atoms with Gasteiger partial charge in [0, 0.05) is 0 Å². The van der Waals surface area contributed by atoms with Crippen LogP contribution in [0.4, 0.5) is 0 Å². The van der Waals surface area contributed by atoms with Crippen LogP contribution in [0.1, 0.15) is 12.8 Å². The van der Waals surface area contributed by atoms with E-state index >= 15 is 0 Å². The van der Waals surface area contributed by atoms with E-state index in [0.29, 0.717) is 0 Å². The molecule has 0 aromatic heterocycles. The van der Waals surface area contributed by atoms with Gasteiger partial charge in [0.2, 0.25) is 0 Å². The molecule has 0 bridgehead atoms. The maximum absolute atomic E-state index is 8.56. The van der Waals surface area contributed by atoms with Gasteiger partial charge in [-0.15, -0.1) is 0 Å². The summed E-state index contributed by atoms with van der Waals surface area (Å²) in [5, 5.41) is 17.1. The van der Waals surface area contributed by atoms with Gasteiger partial charge in [0.25, 0.3) is 0 Å². The fourth-order valence-corrected chi connectivity index (χ4v) is 1.10. The van der Waals surface area contributed by atoms with Crippen LogP contribution in [-0.4, -0.2) is 0 Å². The molecule has 1 aliphatic carbocycles. The zero-order valence-corrected chi connectivity index (χ0v) is 5.62. The Morgan fingerprint density at radius 3 is 1.70 bits per heavy atom. The van der Waals surface area contributed by atoms with E-state index < -0.39 is 0 Å². The molecule has 0 aromatic rings. The van der Waals surface area contributed by atoms with Gasteiger partial charge in [-0.3, -0.25) is 0 Å². The van der Waals surface area contributed by atoms with Gasteiger partial charge in [0.05, 0.1) is 24.0 Å². The molecule has 0 aromatic carbocycles. The zero-order valence-electron chi connectivity index (χ0n) is 5.62. The summed E-state index contributed by atoms with van der Waals surface area (Å²) in [7, 11) is 0. The van der Waals surface area contributed by atoms with Crippen LogP contribution in [0.5, 0.6) is 0 Å². The molecule has 2 heteroatoms. The van der Waals surface area contributed by atoms with Gasteiger partial charge in [0.15, 0.2) is 0 Å². The molecule has 0 fully saturated rings. The van der Waals surface area contributed by atoms with Crippen molar-refractivity contribution >= 4 is 0 Å². The summed E-state index contributed by atoms with van der Waals surface area (Å²) < 4.78 is 0. The molecule has 50 valence electrons. The minimum Gasteiger partial charge on any atom is -0.198 e. The molecule has 0 unspecified atom stereocenters. The molecule has 2 nitrogen and oxygen atoms in total. The molecular formula is C8H8N2. The first kappa shape index (κ1) is 6.83. The number of rotatable bonds is 0. The van der Waals surface area contributed by atoms with Crippen molar-refractivity contribution in [1.29, 1.82) is 10.5 Å². The fourth-order valence-electron chi connectivity index (χ4n) is 1.10. The van der Waals surface area contributed by atoms with Gasteiger partial charge in [-0.25, -0.2) is 0 Å². The molecule has 1 rings (SSSR count). The van der Waals surface area contributed by atoms with Crippen molar-refractivity contribution in [3.05, 3.63) is 12.2 Å². The lowest BCUT2D eigenvalue weighted by molar-refractivity contribution is 0.485. The highest BCUT2D eigenvalue weighted by atomic mass is 14.3. The summed E-state index contributed by atoms with van der Waals surface area (Å²) in [6, 6.07) is 4.26. The minimum absolute atomic E-state index is 0.0741. The Morgan fingerprint density at radius 2 is 1.40 bits per heavy atom. The van der Waals surface area contributed by atoms with Gasteiger partial charge >= 0.3 is 0 Å². The number of hydrogen-bond donors (Lipinski definition) is 0. The van der Waals surface area contributed by atoms with Crippen LogP contribution in [-0.2, 0) is 0 Å². The smallest absolute Gasteiger partial charge is 0.0672 e. The molecule has 0 spiro atoms. The van der Waals surface area contributed by atoms with E-state index in [-0.39, 0.29) is 11.8 Å². The van der Waals surface area contributed by atoms with Crippen LogP contribution in [0.15, 0.2) is 12.2 Å². The molecule has 2 atom stereocenters. The molecule has 0 N–H and O–H groups in total. The highest BCUT2D eigenvalue weighted by Gasteiger charge is 2.20. The molecule has 0 saturated heterocycles. The van der Waals surface area contributed by atoms with Crippen LogP contribution in [0, 0.1) is 34.5 Å². The summed E-state index contributed by atoms with van der Waals surface area (Å²) in [6.45, 7) is 0. The molecule has 0 heterocycles. The van der Waals surface area contributed by atoms with Crippen molar-refractivity contribution in [2.45, 2.75) is 12.8 Å². The first-order valence-electron chi connectivity index (χ1n) is 3.32. The van der Waals surface area contributed by atoms with E-state index in [0.717, 1.165) is 12.8 Å². The minimum atomic E-state index is -0.0741. The van der Waals surface area contributed by atoms with Crippen molar-refractivity contribution in [2.75, 3.05) is 0 Å². The van der Waals surface area contributed by atoms with E-state index in [4.69, 9.17) is 10.5 Å². The van der Waals surface area contributed by atoms with Crippen LogP contribution < -0.4 is 0 Å². The monoisotopic (exact) mass is 132 g/mol.